The molecule has 1 aliphatic carbocycles. The average Bonchev–Trinajstić information content (AvgIpc) is 3.08. The van der Waals surface area contributed by atoms with Crippen molar-refractivity contribution in [3.8, 4) is 0 Å². The zero-order chi connectivity index (χ0) is 14.9. The van der Waals surface area contributed by atoms with Crippen LogP contribution in [0.2, 0.25) is 0 Å². The van der Waals surface area contributed by atoms with Gasteiger partial charge in [0.2, 0.25) is 0 Å². The Labute approximate surface area is 155 Å². The maximum absolute atomic E-state index is 4.51. The summed E-state index contributed by atoms with van der Waals surface area (Å²) in [5, 5.41) is 5.77. The highest BCUT2D eigenvalue weighted by atomic mass is 127. The standard InChI is InChI=1S/C17H27N3S.HI/c1-16(2,14-6-4-11-21-14)12-19-15(18-3)20-10-9-17(13-20)7-5-8-17;/h4,6,11H,5,7-10,12-13H2,1-3H3,(H,18,19);1H. The van der Waals surface area contributed by atoms with Crippen molar-refractivity contribution in [2.75, 3.05) is 26.7 Å². The fourth-order valence-electron chi connectivity index (χ4n) is 3.58. The van der Waals surface area contributed by atoms with Gasteiger partial charge in [-0.25, -0.2) is 0 Å². The first-order valence-electron chi connectivity index (χ1n) is 8.04. The van der Waals surface area contributed by atoms with Crippen LogP contribution in [0.1, 0.15) is 44.4 Å². The highest BCUT2D eigenvalue weighted by Crippen LogP contribution is 2.47. The van der Waals surface area contributed by atoms with Crippen LogP contribution in [0.5, 0.6) is 0 Å². The minimum atomic E-state index is 0. The van der Waals surface area contributed by atoms with Crippen molar-refractivity contribution in [2.45, 2.75) is 44.9 Å². The van der Waals surface area contributed by atoms with Crippen LogP contribution >= 0.6 is 35.3 Å². The summed E-state index contributed by atoms with van der Waals surface area (Å²) in [5.74, 6) is 1.09. The first kappa shape index (κ1) is 18.0. The zero-order valence-corrected chi connectivity index (χ0v) is 17.0. The zero-order valence-electron chi connectivity index (χ0n) is 13.9. The molecule has 0 amide bonds. The maximum atomic E-state index is 4.51. The lowest BCUT2D eigenvalue weighted by Crippen LogP contribution is -2.46. The van der Waals surface area contributed by atoms with E-state index in [4.69, 9.17) is 0 Å². The second-order valence-electron chi connectivity index (χ2n) is 7.29. The van der Waals surface area contributed by atoms with Crippen LogP contribution < -0.4 is 5.32 Å². The number of nitrogens with one attached hydrogen (secondary N) is 1. The summed E-state index contributed by atoms with van der Waals surface area (Å²) in [6.07, 6.45) is 5.61. The van der Waals surface area contributed by atoms with Crippen LogP contribution in [0.3, 0.4) is 0 Å². The van der Waals surface area contributed by atoms with Crippen LogP contribution in [-0.4, -0.2) is 37.5 Å². The lowest BCUT2D eigenvalue weighted by Gasteiger charge is -2.38. The number of nitrogens with zero attached hydrogens (tertiary/aromatic N) is 2. The van der Waals surface area contributed by atoms with Crippen LogP contribution in [0.25, 0.3) is 0 Å². The third kappa shape index (κ3) is 3.61. The minimum Gasteiger partial charge on any atom is -0.355 e. The molecule has 0 bridgehead atoms. The van der Waals surface area contributed by atoms with Crippen molar-refractivity contribution in [1.29, 1.82) is 0 Å². The van der Waals surface area contributed by atoms with Gasteiger partial charge in [0.15, 0.2) is 5.96 Å². The second-order valence-corrected chi connectivity index (χ2v) is 8.23. The van der Waals surface area contributed by atoms with Crippen molar-refractivity contribution in [2.24, 2.45) is 10.4 Å². The van der Waals surface area contributed by atoms with Crippen molar-refractivity contribution < 1.29 is 0 Å². The molecule has 2 aliphatic rings. The molecule has 2 fully saturated rings. The molecule has 124 valence electrons. The van der Waals surface area contributed by atoms with Gasteiger partial charge >= 0.3 is 0 Å². The Morgan fingerprint density at radius 2 is 2.18 bits per heavy atom. The summed E-state index contributed by atoms with van der Waals surface area (Å²) in [5.41, 5.74) is 0.777. The molecule has 1 aromatic rings. The summed E-state index contributed by atoms with van der Waals surface area (Å²) in [4.78, 5) is 8.41. The fourth-order valence-corrected chi connectivity index (χ4v) is 4.44. The summed E-state index contributed by atoms with van der Waals surface area (Å²) >= 11 is 1.84. The predicted octanol–water partition coefficient (Wildman–Crippen LogP) is 4.10. The summed E-state index contributed by atoms with van der Waals surface area (Å²) < 4.78 is 0. The molecule has 1 saturated carbocycles. The van der Waals surface area contributed by atoms with E-state index in [0.717, 1.165) is 12.5 Å². The molecular formula is C17H28IN3S. The van der Waals surface area contributed by atoms with Gasteiger partial charge in [-0.2, -0.15) is 0 Å². The molecule has 2 heterocycles. The summed E-state index contributed by atoms with van der Waals surface area (Å²) in [6.45, 7) is 7.90. The monoisotopic (exact) mass is 433 g/mol. The minimum absolute atomic E-state index is 0. The molecule has 3 nitrogen and oxygen atoms in total. The lowest BCUT2D eigenvalue weighted by atomic mass is 9.68. The van der Waals surface area contributed by atoms with Gasteiger partial charge < -0.3 is 10.2 Å². The van der Waals surface area contributed by atoms with Crippen LogP contribution in [-0.2, 0) is 5.41 Å². The second kappa shape index (κ2) is 7.07. The molecule has 1 aromatic heterocycles. The number of aliphatic imine (C=N–C) groups is 1. The number of guanidine groups is 1. The van der Waals surface area contributed by atoms with E-state index < -0.39 is 0 Å². The molecular weight excluding hydrogens is 405 g/mol. The van der Waals surface area contributed by atoms with Gasteiger partial charge in [-0.1, -0.05) is 26.3 Å². The highest BCUT2D eigenvalue weighted by molar-refractivity contribution is 14.0. The Morgan fingerprint density at radius 1 is 1.41 bits per heavy atom. The largest absolute Gasteiger partial charge is 0.355 e. The number of thiophene rings is 1. The molecule has 0 radical (unpaired) electrons. The predicted molar refractivity (Wildman–Crippen MR) is 107 cm³/mol. The molecule has 1 N–H and O–H groups in total. The van der Waals surface area contributed by atoms with Gasteiger partial charge in [0.25, 0.3) is 0 Å². The third-order valence-electron chi connectivity index (χ3n) is 5.24. The molecule has 22 heavy (non-hydrogen) atoms. The van der Waals surface area contributed by atoms with Crippen LogP contribution in [0, 0.1) is 5.41 Å². The van der Waals surface area contributed by atoms with Crippen molar-refractivity contribution in [3.05, 3.63) is 22.4 Å². The molecule has 0 unspecified atom stereocenters. The van der Waals surface area contributed by atoms with E-state index >= 15 is 0 Å². The molecule has 1 aliphatic heterocycles. The normalized spacial score (nSPS) is 20.7. The number of rotatable bonds is 3. The van der Waals surface area contributed by atoms with Gasteiger partial charge in [0.05, 0.1) is 0 Å². The number of hydrogen-bond acceptors (Lipinski definition) is 2. The van der Waals surface area contributed by atoms with Crippen molar-refractivity contribution in [1.82, 2.24) is 10.2 Å². The molecule has 3 rings (SSSR count). The molecule has 1 spiro atoms. The van der Waals surface area contributed by atoms with E-state index in [9.17, 15) is 0 Å². The number of likely N-dealkylation sites (tertiary alicyclic amines) is 1. The molecule has 1 saturated heterocycles. The van der Waals surface area contributed by atoms with Gasteiger partial charge in [0, 0.05) is 37.0 Å². The van der Waals surface area contributed by atoms with Crippen LogP contribution in [0.4, 0.5) is 0 Å². The smallest absolute Gasteiger partial charge is 0.193 e. The van der Waals surface area contributed by atoms with E-state index in [1.54, 1.807) is 0 Å². The number of halogens is 1. The highest BCUT2D eigenvalue weighted by Gasteiger charge is 2.43. The first-order valence-corrected chi connectivity index (χ1v) is 8.92. The maximum Gasteiger partial charge on any atom is 0.193 e. The number of hydrogen-bond donors (Lipinski definition) is 1. The van der Waals surface area contributed by atoms with E-state index in [-0.39, 0.29) is 29.4 Å². The van der Waals surface area contributed by atoms with E-state index in [1.807, 2.05) is 18.4 Å². The quantitative estimate of drug-likeness (QED) is 0.442. The molecule has 5 heteroatoms. The molecule has 0 aromatic carbocycles. The SMILES string of the molecule is CN=C(NCC(C)(C)c1cccs1)N1CCC2(CCC2)C1.I. The van der Waals surface area contributed by atoms with Crippen molar-refractivity contribution in [3.63, 3.8) is 0 Å². The Kier molecular flexibility index (Phi) is 5.80. The summed E-state index contributed by atoms with van der Waals surface area (Å²) in [6, 6.07) is 4.37. The van der Waals surface area contributed by atoms with E-state index in [2.05, 4.69) is 46.6 Å². The first-order chi connectivity index (χ1) is 10.0. The van der Waals surface area contributed by atoms with Gasteiger partial charge in [-0.3, -0.25) is 4.99 Å². The van der Waals surface area contributed by atoms with Gasteiger partial charge in [-0.15, -0.1) is 35.3 Å². The van der Waals surface area contributed by atoms with Gasteiger partial charge in [-0.05, 0) is 36.1 Å². The summed E-state index contributed by atoms with van der Waals surface area (Å²) in [7, 11) is 1.91. The lowest BCUT2D eigenvalue weighted by molar-refractivity contribution is 0.151. The van der Waals surface area contributed by atoms with E-state index in [1.165, 1.54) is 43.6 Å². The Bertz CT molecular complexity index is 506. The Balaban J connectivity index is 0.00000176. The third-order valence-corrected chi connectivity index (χ3v) is 6.48. The Morgan fingerprint density at radius 3 is 2.68 bits per heavy atom. The van der Waals surface area contributed by atoms with Crippen molar-refractivity contribution >= 4 is 41.3 Å². The van der Waals surface area contributed by atoms with Gasteiger partial charge in [0.1, 0.15) is 0 Å². The Hall–Kier alpha value is -0.300. The average molecular weight is 433 g/mol. The molecule has 0 atom stereocenters. The topological polar surface area (TPSA) is 27.6 Å². The van der Waals surface area contributed by atoms with Crippen LogP contribution in [0.15, 0.2) is 22.5 Å². The van der Waals surface area contributed by atoms with E-state index in [0.29, 0.717) is 5.41 Å². The fraction of sp³-hybridized carbons (Fsp3) is 0.706.